The minimum absolute atomic E-state index is 0.0137. The lowest BCUT2D eigenvalue weighted by atomic mass is 10.2. The maximum atomic E-state index is 11.6. The minimum atomic E-state index is -1.10. The Balaban J connectivity index is 2.01. The van der Waals surface area contributed by atoms with Crippen molar-refractivity contribution in [2.24, 2.45) is 5.41 Å². The second kappa shape index (κ2) is 3.37. The van der Waals surface area contributed by atoms with Gasteiger partial charge < -0.3 is 14.8 Å². The Bertz CT molecular complexity index is 447. The molecule has 16 heavy (non-hydrogen) atoms. The summed E-state index contributed by atoms with van der Waals surface area (Å²) in [4.78, 5) is 22.2. The highest BCUT2D eigenvalue weighted by Crippen LogP contribution is 2.44. The van der Waals surface area contributed by atoms with E-state index in [0.717, 1.165) is 12.7 Å². The SMILES string of the molecule is CC1(C)CC1NC(=O)c1cc(C(=O)O)co1. The molecule has 1 aromatic heterocycles. The smallest absolute Gasteiger partial charge is 0.338 e. The van der Waals surface area contributed by atoms with Crippen LogP contribution in [0.1, 0.15) is 41.2 Å². The molecule has 1 saturated carbocycles. The van der Waals surface area contributed by atoms with Crippen molar-refractivity contribution in [2.75, 3.05) is 0 Å². The molecule has 0 radical (unpaired) electrons. The van der Waals surface area contributed by atoms with Crippen LogP contribution in [0.4, 0.5) is 0 Å². The van der Waals surface area contributed by atoms with Gasteiger partial charge in [-0.15, -0.1) is 0 Å². The second-order valence-electron chi connectivity index (χ2n) is 4.72. The van der Waals surface area contributed by atoms with Gasteiger partial charge in [0.25, 0.3) is 5.91 Å². The lowest BCUT2D eigenvalue weighted by Crippen LogP contribution is -2.27. The third-order valence-corrected chi connectivity index (χ3v) is 2.89. The monoisotopic (exact) mass is 223 g/mol. The molecule has 2 rings (SSSR count). The molecule has 1 heterocycles. The van der Waals surface area contributed by atoms with Crippen LogP contribution in [-0.4, -0.2) is 23.0 Å². The minimum Gasteiger partial charge on any atom is -0.478 e. The van der Waals surface area contributed by atoms with Crippen molar-refractivity contribution >= 4 is 11.9 Å². The Morgan fingerprint density at radius 2 is 2.19 bits per heavy atom. The number of carboxylic acid groups (broad SMARTS) is 1. The largest absolute Gasteiger partial charge is 0.478 e. The molecular weight excluding hydrogens is 210 g/mol. The average molecular weight is 223 g/mol. The van der Waals surface area contributed by atoms with Gasteiger partial charge >= 0.3 is 5.97 Å². The Kier molecular flexibility index (Phi) is 2.26. The van der Waals surface area contributed by atoms with E-state index in [1.807, 2.05) is 0 Å². The number of rotatable bonds is 3. The van der Waals surface area contributed by atoms with Crippen LogP contribution < -0.4 is 5.32 Å². The molecule has 2 N–H and O–H groups in total. The van der Waals surface area contributed by atoms with Crippen molar-refractivity contribution in [1.82, 2.24) is 5.32 Å². The van der Waals surface area contributed by atoms with Crippen LogP contribution in [0.25, 0.3) is 0 Å². The number of hydrogen-bond acceptors (Lipinski definition) is 3. The van der Waals surface area contributed by atoms with Crippen LogP contribution in [0.5, 0.6) is 0 Å². The number of amides is 1. The second-order valence-corrected chi connectivity index (χ2v) is 4.72. The number of aromatic carboxylic acids is 1. The first kappa shape index (κ1) is 10.7. The summed E-state index contributed by atoms with van der Waals surface area (Å²) >= 11 is 0. The highest BCUT2D eigenvalue weighted by molar-refractivity contribution is 5.95. The van der Waals surface area contributed by atoms with Gasteiger partial charge in [-0.2, -0.15) is 0 Å². The summed E-state index contributed by atoms with van der Waals surface area (Å²) in [6.45, 7) is 4.12. The summed E-state index contributed by atoms with van der Waals surface area (Å²) in [5.74, 6) is -1.42. The normalized spacial score (nSPS) is 21.5. The molecule has 1 atom stereocenters. The molecular formula is C11H13NO4. The standard InChI is InChI=1S/C11H13NO4/c1-11(2)4-8(11)12-9(13)7-3-6(5-16-7)10(14)15/h3,5,8H,4H2,1-2H3,(H,12,13)(H,14,15). The van der Waals surface area contributed by atoms with E-state index >= 15 is 0 Å². The fraction of sp³-hybridized carbons (Fsp3) is 0.455. The summed E-state index contributed by atoms with van der Waals surface area (Å²) < 4.78 is 4.89. The van der Waals surface area contributed by atoms with Crippen molar-refractivity contribution in [3.8, 4) is 0 Å². The van der Waals surface area contributed by atoms with Crippen LogP contribution in [0, 0.1) is 5.41 Å². The van der Waals surface area contributed by atoms with Crippen molar-refractivity contribution in [2.45, 2.75) is 26.3 Å². The first-order valence-corrected chi connectivity index (χ1v) is 5.03. The molecule has 0 bridgehead atoms. The Hall–Kier alpha value is -1.78. The summed E-state index contributed by atoms with van der Waals surface area (Å²) in [5, 5.41) is 11.5. The quantitative estimate of drug-likeness (QED) is 0.813. The molecule has 1 fully saturated rings. The van der Waals surface area contributed by atoms with Crippen LogP contribution in [0.3, 0.4) is 0 Å². The average Bonchev–Trinajstić information content (AvgIpc) is 2.68. The first-order valence-electron chi connectivity index (χ1n) is 5.03. The van der Waals surface area contributed by atoms with Gasteiger partial charge in [0, 0.05) is 12.1 Å². The van der Waals surface area contributed by atoms with Crippen LogP contribution in [0.2, 0.25) is 0 Å². The third-order valence-electron chi connectivity index (χ3n) is 2.89. The van der Waals surface area contributed by atoms with Crippen LogP contribution in [-0.2, 0) is 0 Å². The van der Waals surface area contributed by atoms with E-state index < -0.39 is 5.97 Å². The molecule has 0 saturated heterocycles. The van der Waals surface area contributed by atoms with Gasteiger partial charge in [0.05, 0.1) is 5.56 Å². The Morgan fingerprint density at radius 3 is 2.62 bits per heavy atom. The maximum Gasteiger partial charge on any atom is 0.338 e. The number of hydrogen-bond donors (Lipinski definition) is 2. The molecule has 1 unspecified atom stereocenters. The molecule has 0 aliphatic heterocycles. The van der Waals surface area contributed by atoms with Gasteiger partial charge in [0.2, 0.25) is 0 Å². The molecule has 1 aromatic rings. The maximum absolute atomic E-state index is 11.6. The summed E-state index contributed by atoms with van der Waals surface area (Å²) in [6, 6.07) is 1.38. The summed E-state index contributed by atoms with van der Waals surface area (Å²) in [6.07, 6.45) is 2.00. The topological polar surface area (TPSA) is 79.5 Å². The summed E-state index contributed by atoms with van der Waals surface area (Å²) in [5.41, 5.74) is 0.123. The third kappa shape index (κ3) is 1.93. The molecule has 1 aliphatic carbocycles. The molecule has 0 aromatic carbocycles. The van der Waals surface area contributed by atoms with Gasteiger partial charge in [-0.05, 0) is 11.8 Å². The lowest BCUT2D eigenvalue weighted by Gasteiger charge is -2.04. The van der Waals surface area contributed by atoms with E-state index in [2.05, 4.69) is 19.2 Å². The van der Waals surface area contributed by atoms with E-state index in [4.69, 9.17) is 9.52 Å². The van der Waals surface area contributed by atoms with E-state index in [1.165, 1.54) is 6.07 Å². The van der Waals surface area contributed by atoms with Crippen LogP contribution >= 0.6 is 0 Å². The van der Waals surface area contributed by atoms with Gasteiger partial charge in [0.1, 0.15) is 6.26 Å². The molecule has 1 amide bonds. The highest BCUT2D eigenvalue weighted by Gasteiger charge is 2.46. The molecule has 0 spiro atoms. The van der Waals surface area contributed by atoms with Crippen molar-refractivity contribution in [3.63, 3.8) is 0 Å². The molecule has 1 aliphatic rings. The first-order chi connectivity index (χ1) is 7.40. The zero-order chi connectivity index (χ0) is 11.9. The predicted molar refractivity (Wildman–Crippen MR) is 55.3 cm³/mol. The lowest BCUT2D eigenvalue weighted by molar-refractivity contribution is 0.0696. The van der Waals surface area contributed by atoms with Crippen molar-refractivity contribution in [3.05, 3.63) is 23.7 Å². The molecule has 5 heteroatoms. The Labute approximate surface area is 92.4 Å². The number of carbonyl (C=O) groups is 2. The zero-order valence-electron chi connectivity index (χ0n) is 9.11. The van der Waals surface area contributed by atoms with Crippen molar-refractivity contribution in [1.29, 1.82) is 0 Å². The fourth-order valence-corrected chi connectivity index (χ4v) is 1.51. The number of furan rings is 1. The Morgan fingerprint density at radius 1 is 1.56 bits per heavy atom. The number of carbonyl (C=O) groups excluding carboxylic acids is 1. The van der Waals surface area contributed by atoms with Crippen molar-refractivity contribution < 1.29 is 19.1 Å². The number of nitrogens with one attached hydrogen (secondary N) is 1. The summed E-state index contributed by atoms with van der Waals surface area (Å²) in [7, 11) is 0. The molecule has 5 nitrogen and oxygen atoms in total. The zero-order valence-corrected chi connectivity index (χ0v) is 9.11. The highest BCUT2D eigenvalue weighted by atomic mass is 16.4. The van der Waals surface area contributed by atoms with E-state index in [9.17, 15) is 9.59 Å². The van der Waals surface area contributed by atoms with E-state index in [1.54, 1.807) is 0 Å². The molecule has 86 valence electrons. The number of carboxylic acids is 1. The van der Waals surface area contributed by atoms with Gasteiger partial charge in [-0.3, -0.25) is 4.79 Å². The van der Waals surface area contributed by atoms with Gasteiger partial charge in [0.15, 0.2) is 5.76 Å². The van der Waals surface area contributed by atoms with E-state index in [-0.39, 0.29) is 28.7 Å². The van der Waals surface area contributed by atoms with E-state index in [0.29, 0.717) is 0 Å². The van der Waals surface area contributed by atoms with Gasteiger partial charge in [-0.25, -0.2) is 4.79 Å². The van der Waals surface area contributed by atoms with Gasteiger partial charge in [-0.1, -0.05) is 13.8 Å². The fourth-order valence-electron chi connectivity index (χ4n) is 1.51. The van der Waals surface area contributed by atoms with Crippen LogP contribution in [0.15, 0.2) is 16.7 Å². The predicted octanol–water partition coefficient (Wildman–Crippen LogP) is 1.51.